The van der Waals surface area contributed by atoms with Crippen LogP contribution in [0.25, 0.3) is 0 Å². The topological polar surface area (TPSA) is 113 Å². The van der Waals surface area contributed by atoms with E-state index in [9.17, 15) is 13.5 Å². The lowest BCUT2D eigenvalue weighted by Crippen LogP contribution is -2.75. The van der Waals surface area contributed by atoms with Gasteiger partial charge in [-0.25, -0.2) is 8.42 Å². The predicted octanol–water partition coefficient (Wildman–Crippen LogP) is 4.39. The average Bonchev–Trinajstić information content (AvgIpc) is 3.33. The monoisotopic (exact) mass is 597 g/mol. The number of fused-ring (bicyclic) bond motifs is 5. The highest BCUT2D eigenvalue weighted by atomic mass is 32.2. The molecule has 226 valence electrons. The maximum Gasteiger partial charge on any atom is 0.241 e. The summed E-state index contributed by atoms with van der Waals surface area (Å²) in [5.41, 5.74) is 1.32. The van der Waals surface area contributed by atoms with Crippen LogP contribution < -0.4 is 4.72 Å². The second-order valence-corrected chi connectivity index (χ2v) is 19.8. The zero-order valence-electron chi connectivity index (χ0n) is 25.2. The summed E-state index contributed by atoms with van der Waals surface area (Å²) in [6.45, 7) is 22.1. The second-order valence-electron chi connectivity index (χ2n) is 12.7. The van der Waals surface area contributed by atoms with E-state index >= 15 is 0 Å². The molecule has 2 bridgehead atoms. The second kappa shape index (κ2) is 11.2. The van der Waals surface area contributed by atoms with Gasteiger partial charge in [-0.2, -0.15) is 4.72 Å². The molecule has 3 aliphatic heterocycles. The van der Waals surface area contributed by atoms with E-state index in [0.717, 1.165) is 5.56 Å². The van der Waals surface area contributed by atoms with Crippen molar-refractivity contribution in [3.05, 3.63) is 42.5 Å². The highest BCUT2D eigenvalue weighted by Gasteiger charge is 2.73. The Morgan fingerprint density at radius 3 is 2.02 bits per heavy atom. The molecule has 1 aromatic rings. The molecule has 0 saturated carbocycles. The molecule has 0 amide bonds. The molecule has 7 atom stereocenters. The fourth-order valence-electron chi connectivity index (χ4n) is 7.08. The van der Waals surface area contributed by atoms with Gasteiger partial charge in [0.15, 0.2) is 5.79 Å². The molecular weight excluding hydrogens is 550 g/mol. The van der Waals surface area contributed by atoms with Gasteiger partial charge in [0, 0.05) is 0 Å². The standard InChI is InChI=1S/C29H47NO8SSi/c1-11-16-34-29(38-40(17(2)3,18(4)5)19(6)7)26(30-39(32,33)21-14-12-20(8)13-15-21)24-22-23(25(35-24)27(29)31)37-28(9,10)36-22/h11-15,17-19,22-27,30-31H,1,16H2,2-10H3/t22-,23+,24-,25+,26-,27+,29+/m0/s1. The van der Waals surface area contributed by atoms with Gasteiger partial charge >= 0.3 is 0 Å². The first-order chi connectivity index (χ1) is 18.5. The van der Waals surface area contributed by atoms with Crippen molar-refractivity contribution in [2.75, 3.05) is 6.61 Å². The molecule has 40 heavy (non-hydrogen) atoms. The lowest BCUT2D eigenvalue weighted by Gasteiger charge is -2.56. The number of hydrogen-bond donors (Lipinski definition) is 2. The van der Waals surface area contributed by atoms with Gasteiger partial charge in [0.25, 0.3) is 0 Å². The summed E-state index contributed by atoms with van der Waals surface area (Å²) >= 11 is 0. The smallest absolute Gasteiger partial charge is 0.241 e. The summed E-state index contributed by atoms with van der Waals surface area (Å²) in [6, 6.07) is 5.44. The predicted molar refractivity (Wildman–Crippen MR) is 155 cm³/mol. The van der Waals surface area contributed by atoms with E-state index in [1.165, 1.54) is 0 Å². The van der Waals surface area contributed by atoms with Crippen LogP contribution in [0.1, 0.15) is 61.0 Å². The number of nitrogens with one attached hydrogen (secondary N) is 1. The Labute approximate surface area is 240 Å². The number of aliphatic hydroxyl groups is 1. The number of sulfonamides is 1. The Kier molecular flexibility index (Phi) is 8.87. The van der Waals surface area contributed by atoms with Crippen molar-refractivity contribution in [2.24, 2.45) is 0 Å². The summed E-state index contributed by atoms with van der Waals surface area (Å²) < 4.78 is 63.2. The van der Waals surface area contributed by atoms with E-state index in [0.29, 0.717) is 0 Å². The van der Waals surface area contributed by atoms with Crippen molar-refractivity contribution in [3.8, 4) is 0 Å². The minimum Gasteiger partial charge on any atom is -0.386 e. The molecule has 3 saturated heterocycles. The van der Waals surface area contributed by atoms with Crippen LogP contribution in [0.5, 0.6) is 0 Å². The molecule has 1 aromatic carbocycles. The van der Waals surface area contributed by atoms with Gasteiger partial charge in [-0.1, -0.05) is 65.3 Å². The molecular formula is C29H47NO8SSi. The van der Waals surface area contributed by atoms with Crippen LogP contribution in [-0.4, -0.2) is 76.6 Å². The number of ether oxygens (including phenoxy) is 4. The Morgan fingerprint density at radius 2 is 1.52 bits per heavy atom. The summed E-state index contributed by atoms with van der Waals surface area (Å²) in [7, 11) is -6.87. The van der Waals surface area contributed by atoms with Crippen molar-refractivity contribution in [3.63, 3.8) is 0 Å². The molecule has 0 unspecified atom stereocenters. The van der Waals surface area contributed by atoms with Gasteiger partial charge in [-0.3, -0.25) is 0 Å². The molecule has 0 aliphatic carbocycles. The fourth-order valence-corrected chi connectivity index (χ4v) is 13.9. The fraction of sp³-hybridized carbons (Fsp3) is 0.724. The summed E-state index contributed by atoms with van der Waals surface area (Å²) in [5.74, 6) is -2.71. The number of aliphatic hydroxyl groups excluding tert-OH is 1. The lowest BCUT2D eigenvalue weighted by atomic mass is 9.93. The molecule has 0 spiro atoms. The largest absolute Gasteiger partial charge is 0.386 e. The zero-order valence-corrected chi connectivity index (χ0v) is 27.0. The molecule has 0 aromatic heterocycles. The van der Waals surface area contributed by atoms with Gasteiger partial charge in [0.1, 0.15) is 36.6 Å². The first-order valence-corrected chi connectivity index (χ1v) is 17.9. The van der Waals surface area contributed by atoms with Gasteiger partial charge in [0.2, 0.25) is 24.1 Å². The van der Waals surface area contributed by atoms with Crippen LogP contribution >= 0.6 is 0 Å². The van der Waals surface area contributed by atoms with E-state index in [2.05, 4.69) is 52.8 Å². The maximum atomic E-state index is 13.9. The van der Waals surface area contributed by atoms with Crippen molar-refractivity contribution in [1.82, 2.24) is 4.72 Å². The maximum absolute atomic E-state index is 13.9. The average molecular weight is 598 g/mol. The number of benzene rings is 1. The molecule has 3 heterocycles. The van der Waals surface area contributed by atoms with Crippen LogP contribution in [0.4, 0.5) is 0 Å². The van der Waals surface area contributed by atoms with Crippen LogP contribution in [0.2, 0.25) is 16.6 Å². The number of aryl methyl sites for hydroxylation is 1. The first-order valence-electron chi connectivity index (χ1n) is 14.3. The first kappa shape index (κ1) is 31.8. The normalized spacial score (nSPS) is 33.6. The van der Waals surface area contributed by atoms with E-state index in [-0.39, 0.29) is 28.1 Å². The summed E-state index contributed by atoms with van der Waals surface area (Å²) in [5, 5.41) is 12.2. The molecule has 11 heteroatoms. The number of rotatable bonds is 11. The van der Waals surface area contributed by atoms with Gasteiger partial charge in [0.05, 0.1) is 11.5 Å². The minimum absolute atomic E-state index is 0.0283. The Bertz CT molecular complexity index is 1150. The SMILES string of the molecule is C=CCO[C@]1(O[Si](C(C)C)(C(C)C)C(C)C)[C@H](O)[C@@H]2O[C@@H]([C@H]3OC(C)(C)O[C@H]32)[C@@H]1NS(=O)(=O)c1ccc(C)cc1. The number of hydrogen-bond acceptors (Lipinski definition) is 8. The summed E-state index contributed by atoms with van der Waals surface area (Å²) in [4.78, 5) is 0.0888. The molecule has 9 nitrogen and oxygen atoms in total. The van der Waals surface area contributed by atoms with Crippen molar-refractivity contribution >= 4 is 18.3 Å². The molecule has 3 fully saturated rings. The highest BCUT2D eigenvalue weighted by Crippen LogP contribution is 2.53. The lowest BCUT2D eigenvalue weighted by molar-refractivity contribution is -0.327. The molecule has 4 rings (SSSR count). The Balaban J connectivity index is 1.91. The van der Waals surface area contributed by atoms with Crippen LogP contribution in [-0.2, 0) is 33.4 Å². The van der Waals surface area contributed by atoms with Crippen LogP contribution in [0.3, 0.4) is 0 Å². The van der Waals surface area contributed by atoms with E-state index in [4.69, 9.17) is 23.4 Å². The Hall–Kier alpha value is -1.15. The molecule has 3 aliphatic rings. The molecule has 0 radical (unpaired) electrons. The van der Waals surface area contributed by atoms with Crippen molar-refractivity contribution in [1.29, 1.82) is 0 Å². The summed E-state index contributed by atoms with van der Waals surface area (Å²) in [6.07, 6.45) is -2.78. The van der Waals surface area contributed by atoms with Gasteiger partial charge < -0.3 is 28.5 Å². The third-order valence-corrected chi connectivity index (χ3v) is 16.2. The Morgan fingerprint density at radius 1 is 1.00 bits per heavy atom. The van der Waals surface area contributed by atoms with Crippen LogP contribution in [0, 0.1) is 6.92 Å². The third kappa shape index (κ3) is 5.26. The van der Waals surface area contributed by atoms with E-state index in [1.807, 2.05) is 6.92 Å². The van der Waals surface area contributed by atoms with E-state index in [1.54, 1.807) is 44.2 Å². The minimum atomic E-state index is -4.10. The quantitative estimate of drug-likeness (QED) is 0.219. The third-order valence-electron chi connectivity index (χ3n) is 8.69. The van der Waals surface area contributed by atoms with Crippen molar-refractivity contribution in [2.45, 2.75) is 132 Å². The van der Waals surface area contributed by atoms with Crippen LogP contribution in [0.15, 0.2) is 41.8 Å². The van der Waals surface area contributed by atoms with Gasteiger partial charge in [-0.15, -0.1) is 6.58 Å². The van der Waals surface area contributed by atoms with Gasteiger partial charge in [-0.05, 0) is 49.5 Å². The van der Waals surface area contributed by atoms with Crippen molar-refractivity contribution < 1.29 is 36.9 Å². The highest BCUT2D eigenvalue weighted by molar-refractivity contribution is 7.89. The van der Waals surface area contributed by atoms with E-state index < -0.39 is 66.5 Å². The zero-order chi connectivity index (χ0) is 29.8. The molecule has 2 N–H and O–H groups in total.